The fraction of sp³-hybridized carbons (Fsp3) is 0.391. The summed E-state index contributed by atoms with van der Waals surface area (Å²) in [6.07, 6.45) is 1.31. The lowest BCUT2D eigenvalue weighted by Crippen LogP contribution is -2.51. The number of thioether (sulfide) groups is 1. The SMILES string of the molecule is CCC(C)NC(=O)C(CC)N(Cc1c(Cl)cccc1Cl)C(=O)CSc1ccccc1. The Bertz CT molecular complexity index is 828. The predicted molar refractivity (Wildman–Crippen MR) is 126 cm³/mol. The van der Waals surface area contributed by atoms with Gasteiger partial charge in [-0.15, -0.1) is 11.8 Å². The first-order chi connectivity index (χ1) is 14.4. The summed E-state index contributed by atoms with van der Waals surface area (Å²) in [5, 5.41) is 3.96. The summed E-state index contributed by atoms with van der Waals surface area (Å²) in [5.41, 5.74) is 0.647. The number of carbonyl (C=O) groups is 2. The second-order valence-electron chi connectivity index (χ2n) is 7.07. The summed E-state index contributed by atoms with van der Waals surface area (Å²) in [7, 11) is 0. The van der Waals surface area contributed by atoms with E-state index >= 15 is 0 Å². The van der Waals surface area contributed by atoms with E-state index in [0.717, 1.165) is 11.3 Å². The largest absolute Gasteiger partial charge is 0.352 e. The van der Waals surface area contributed by atoms with Crippen LogP contribution >= 0.6 is 35.0 Å². The molecule has 0 aliphatic heterocycles. The van der Waals surface area contributed by atoms with Crippen LogP contribution in [0.2, 0.25) is 10.0 Å². The molecular weight excluding hydrogens is 439 g/mol. The van der Waals surface area contributed by atoms with Gasteiger partial charge >= 0.3 is 0 Å². The summed E-state index contributed by atoms with van der Waals surface area (Å²) in [6, 6.07) is 14.4. The lowest BCUT2D eigenvalue weighted by atomic mass is 10.1. The van der Waals surface area contributed by atoms with Gasteiger partial charge in [-0.05, 0) is 44.0 Å². The molecule has 4 nitrogen and oxygen atoms in total. The van der Waals surface area contributed by atoms with Gasteiger partial charge in [-0.2, -0.15) is 0 Å². The maximum atomic E-state index is 13.2. The molecule has 0 aliphatic carbocycles. The van der Waals surface area contributed by atoms with Crippen molar-refractivity contribution in [3.05, 3.63) is 64.1 Å². The number of carbonyl (C=O) groups excluding carboxylic acids is 2. The Morgan fingerprint density at radius 1 is 1.00 bits per heavy atom. The van der Waals surface area contributed by atoms with E-state index in [1.165, 1.54) is 11.8 Å². The summed E-state index contributed by atoms with van der Waals surface area (Å²) in [4.78, 5) is 28.8. The molecule has 2 aromatic rings. The standard InChI is InChI=1S/C23H28Cl2N2O2S/c1-4-16(3)26-23(29)21(5-2)27(14-18-19(24)12-9-13-20(18)25)22(28)15-30-17-10-7-6-8-11-17/h6-13,16,21H,4-5,14-15H2,1-3H3,(H,26,29). The van der Waals surface area contributed by atoms with Crippen molar-refractivity contribution in [3.63, 3.8) is 0 Å². The number of rotatable bonds is 10. The third kappa shape index (κ3) is 6.93. The van der Waals surface area contributed by atoms with Crippen LogP contribution in [0.15, 0.2) is 53.4 Å². The van der Waals surface area contributed by atoms with E-state index in [1.54, 1.807) is 23.1 Å². The highest BCUT2D eigenvalue weighted by atomic mass is 35.5. The molecule has 0 heterocycles. The Morgan fingerprint density at radius 2 is 1.63 bits per heavy atom. The molecule has 0 fully saturated rings. The molecule has 0 aliphatic rings. The Morgan fingerprint density at radius 3 is 2.20 bits per heavy atom. The second kappa shape index (κ2) is 12.2. The second-order valence-corrected chi connectivity index (χ2v) is 8.93. The molecule has 2 unspecified atom stereocenters. The minimum atomic E-state index is -0.602. The molecule has 1 N–H and O–H groups in total. The van der Waals surface area contributed by atoms with Crippen LogP contribution in [-0.4, -0.2) is 34.6 Å². The van der Waals surface area contributed by atoms with E-state index < -0.39 is 6.04 Å². The first-order valence-electron chi connectivity index (χ1n) is 10.1. The smallest absolute Gasteiger partial charge is 0.243 e. The number of nitrogens with zero attached hydrogens (tertiary/aromatic N) is 1. The molecule has 7 heteroatoms. The average molecular weight is 467 g/mol. The van der Waals surface area contributed by atoms with Gasteiger partial charge in [0, 0.05) is 33.1 Å². The van der Waals surface area contributed by atoms with E-state index in [1.807, 2.05) is 51.1 Å². The lowest BCUT2D eigenvalue weighted by Gasteiger charge is -2.32. The van der Waals surface area contributed by atoms with E-state index in [9.17, 15) is 9.59 Å². The van der Waals surface area contributed by atoms with Crippen molar-refractivity contribution in [3.8, 4) is 0 Å². The van der Waals surface area contributed by atoms with Gasteiger partial charge in [0.25, 0.3) is 0 Å². The number of halogens is 2. The quantitative estimate of drug-likeness (QED) is 0.449. The third-order valence-electron chi connectivity index (χ3n) is 4.88. The van der Waals surface area contributed by atoms with Gasteiger partial charge < -0.3 is 10.2 Å². The van der Waals surface area contributed by atoms with Gasteiger partial charge in [-0.1, -0.05) is 61.3 Å². The average Bonchev–Trinajstić information content (AvgIpc) is 2.74. The zero-order valence-electron chi connectivity index (χ0n) is 17.5. The minimum Gasteiger partial charge on any atom is -0.352 e. The van der Waals surface area contributed by atoms with Crippen LogP contribution in [-0.2, 0) is 16.1 Å². The van der Waals surface area contributed by atoms with Gasteiger partial charge in [-0.25, -0.2) is 0 Å². The topological polar surface area (TPSA) is 49.4 Å². The summed E-state index contributed by atoms with van der Waals surface area (Å²) in [5.74, 6) is -0.0711. The highest BCUT2D eigenvalue weighted by Gasteiger charge is 2.30. The number of benzene rings is 2. The highest BCUT2D eigenvalue weighted by Crippen LogP contribution is 2.28. The molecule has 2 aromatic carbocycles. The van der Waals surface area contributed by atoms with E-state index in [2.05, 4.69) is 5.32 Å². The number of hydrogen-bond donors (Lipinski definition) is 1. The zero-order chi connectivity index (χ0) is 22.1. The van der Waals surface area contributed by atoms with Crippen LogP contribution in [0.3, 0.4) is 0 Å². The van der Waals surface area contributed by atoms with E-state index in [-0.39, 0.29) is 30.2 Å². The number of hydrogen-bond acceptors (Lipinski definition) is 3. The summed E-state index contributed by atoms with van der Waals surface area (Å²) in [6.45, 7) is 6.04. The Hall–Kier alpha value is -1.69. The summed E-state index contributed by atoms with van der Waals surface area (Å²) >= 11 is 14.2. The monoisotopic (exact) mass is 466 g/mol. The Labute approximate surface area is 193 Å². The van der Waals surface area contributed by atoms with Crippen molar-refractivity contribution >= 4 is 46.8 Å². The molecule has 2 atom stereocenters. The molecule has 2 rings (SSSR count). The van der Waals surface area contributed by atoms with Crippen LogP contribution in [0.25, 0.3) is 0 Å². The Balaban J connectivity index is 2.27. The fourth-order valence-electron chi connectivity index (χ4n) is 2.96. The van der Waals surface area contributed by atoms with Crippen molar-refractivity contribution in [2.75, 3.05) is 5.75 Å². The maximum Gasteiger partial charge on any atom is 0.243 e. The molecule has 0 aromatic heterocycles. The summed E-state index contributed by atoms with van der Waals surface area (Å²) < 4.78 is 0. The maximum absolute atomic E-state index is 13.2. The lowest BCUT2D eigenvalue weighted by molar-refractivity contribution is -0.139. The molecule has 162 valence electrons. The van der Waals surface area contributed by atoms with E-state index in [0.29, 0.717) is 22.0 Å². The first-order valence-corrected chi connectivity index (χ1v) is 11.8. The van der Waals surface area contributed by atoms with Crippen LogP contribution < -0.4 is 5.32 Å². The van der Waals surface area contributed by atoms with Crippen molar-refractivity contribution < 1.29 is 9.59 Å². The molecule has 0 radical (unpaired) electrons. The van der Waals surface area contributed by atoms with Gasteiger partial charge in [0.05, 0.1) is 5.75 Å². The number of nitrogens with one attached hydrogen (secondary N) is 1. The molecule has 0 spiro atoms. The highest BCUT2D eigenvalue weighted by molar-refractivity contribution is 8.00. The van der Waals surface area contributed by atoms with E-state index in [4.69, 9.17) is 23.2 Å². The molecule has 0 bridgehead atoms. The van der Waals surface area contributed by atoms with Crippen LogP contribution in [0.1, 0.15) is 39.2 Å². The minimum absolute atomic E-state index is 0.0334. The van der Waals surface area contributed by atoms with Gasteiger partial charge in [0.2, 0.25) is 11.8 Å². The fourth-order valence-corrected chi connectivity index (χ4v) is 4.28. The molecular formula is C23H28Cl2N2O2S. The van der Waals surface area contributed by atoms with Gasteiger partial charge in [0.1, 0.15) is 6.04 Å². The molecule has 0 saturated carbocycles. The molecule has 0 saturated heterocycles. The van der Waals surface area contributed by atoms with Crippen molar-refractivity contribution in [1.29, 1.82) is 0 Å². The first kappa shape index (κ1) is 24.6. The van der Waals surface area contributed by atoms with Crippen LogP contribution in [0, 0.1) is 0 Å². The molecule has 2 amide bonds. The normalized spacial score (nSPS) is 12.8. The zero-order valence-corrected chi connectivity index (χ0v) is 19.9. The van der Waals surface area contributed by atoms with Gasteiger partial charge in [-0.3, -0.25) is 9.59 Å². The van der Waals surface area contributed by atoms with Crippen LogP contribution in [0.4, 0.5) is 0 Å². The predicted octanol–water partition coefficient (Wildman–Crippen LogP) is 5.81. The molecule has 30 heavy (non-hydrogen) atoms. The van der Waals surface area contributed by atoms with Gasteiger partial charge in [0.15, 0.2) is 0 Å². The van der Waals surface area contributed by atoms with Crippen molar-refractivity contribution in [2.24, 2.45) is 0 Å². The Kier molecular flexibility index (Phi) is 10.0. The number of amides is 2. The van der Waals surface area contributed by atoms with Crippen LogP contribution in [0.5, 0.6) is 0 Å². The third-order valence-corrected chi connectivity index (χ3v) is 6.59. The van der Waals surface area contributed by atoms with Crippen molar-refractivity contribution in [2.45, 2.75) is 57.1 Å². The van der Waals surface area contributed by atoms with Crippen molar-refractivity contribution in [1.82, 2.24) is 10.2 Å².